The van der Waals surface area contributed by atoms with Crippen LogP contribution in [0.5, 0.6) is 5.75 Å². The molecule has 0 spiro atoms. The Bertz CT molecular complexity index is 946. The van der Waals surface area contributed by atoms with Crippen LogP contribution in [0, 0.1) is 0 Å². The van der Waals surface area contributed by atoms with Crippen LogP contribution in [0.2, 0.25) is 0 Å². The van der Waals surface area contributed by atoms with Crippen molar-refractivity contribution in [3.8, 4) is 5.75 Å². The first kappa shape index (κ1) is 25.3. The number of pyridine rings is 1. The highest BCUT2D eigenvalue weighted by Crippen LogP contribution is 2.46. The quantitative estimate of drug-likeness (QED) is 0.343. The standard InChI is InChI=1S/C22H29N2O8P/c1-14(2)30-22(27)15(3)24-33(28,32-17-7-5-4-6-8-17)29-13-18-19(25)20(26)21(31-18)16-9-11-23-12-10-16/h4-12,14-15,18-21,25-26H,13H2,1-3H3,(H,24,28)/t15-,18-,19-,20-,21+,33-/m1/s1. The lowest BCUT2D eigenvalue weighted by Gasteiger charge is -2.25. The van der Waals surface area contributed by atoms with Crippen molar-refractivity contribution in [2.45, 2.75) is 57.3 Å². The Labute approximate surface area is 192 Å². The first-order valence-electron chi connectivity index (χ1n) is 10.6. The smallest absolute Gasteiger partial charge is 0.459 e. The Hall–Kier alpha value is -2.33. The molecule has 3 N–H and O–H groups in total. The first-order valence-corrected chi connectivity index (χ1v) is 12.1. The predicted octanol–water partition coefficient (Wildman–Crippen LogP) is 2.38. The zero-order valence-electron chi connectivity index (χ0n) is 18.6. The summed E-state index contributed by atoms with van der Waals surface area (Å²) >= 11 is 0. The third kappa shape index (κ3) is 6.83. The van der Waals surface area contributed by atoms with Crippen molar-refractivity contribution in [1.29, 1.82) is 0 Å². The molecule has 0 saturated carbocycles. The second-order valence-electron chi connectivity index (χ2n) is 7.89. The van der Waals surface area contributed by atoms with Gasteiger partial charge in [0.1, 0.15) is 36.2 Å². The molecule has 1 aromatic carbocycles. The lowest BCUT2D eigenvalue weighted by molar-refractivity contribution is -0.149. The maximum atomic E-state index is 13.5. The summed E-state index contributed by atoms with van der Waals surface area (Å²) in [7, 11) is -4.12. The molecule has 0 aliphatic carbocycles. The zero-order valence-corrected chi connectivity index (χ0v) is 19.5. The van der Waals surface area contributed by atoms with Crippen LogP contribution in [0.25, 0.3) is 0 Å². The van der Waals surface area contributed by atoms with Gasteiger partial charge in [-0.25, -0.2) is 4.57 Å². The average molecular weight is 480 g/mol. The lowest BCUT2D eigenvalue weighted by Crippen LogP contribution is -2.38. The monoisotopic (exact) mass is 480 g/mol. The van der Waals surface area contributed by atoms with E-state index in [1.54, 1.807) is 68.7 Å². The number of carbonyl (C=O) groups is 1. The minimum absolute atomic E-state index is 0.250. The van der Waals surface area contributed by atoms with Crippen LogP contribution in [0.3, 0.4) is 0 Å². The van der Waals surface area contributed by atoms with Gasteiger partial charge in [0.25, 0.3) is 0 Å². The minimum Gasteiger partial charge on any atom is -0.462 e. The number of hydrogen-bond acceptors (Lipinski definition) is 9. The summed E-state index contributed by atoms with van der Waals surface area (Å²) in [5, 5.41) is 23.4. The Morgan fingerprint density at radius 3 is 2.42 bits per heavy atom. The van der Waals surface area contributed by atoms with Crippen molar-refractivity contribution in [1.82, 2.24) is 10.1 Å². The van der Waals surface area contributed by atoms with Crippen molar-refractivity contribution in [3.63, 3.8) is 0 Å². The van der Waals surface area contributed by atoms with E-state index in [-0.39, 0.29) is 18.5 Å². The molecule has 10 nitrogen and oxygen atoms in total. The number of para-hydroxylation sites is 1. The number of aromatic nitrogens is 1. The summed E-state index contributed by atoms with van der Waals surface area (Å²) in [4.78, 5) is 16.1. The highest BCUT2D eigenvalue weighted by molar-refractivity contribution is 7.52. The number of aliphatic hydroxyl groups is 2. The van der Waals surface area contributed by atoms with Gasteiger partial charge in [-0.2, -0.15) is 5.09 Å². The van der Waals surface area contributed by atoms with Gasteiger partial charge >= 0.3 is 13.7 Å². The van der Waals surface area contributed by atoms with E-state index in [4.69, 9.17) is 18.5 Å². The average Bonchev–Trinajstić information content (AvgIpc) is 3.07. The molecule has 0 amide bonds. The molecule has 1 aromatic heterocycles. The van der Waals surface area contributed by atoms with Gasteiger partial charge in [-0.15, -0.1) is 0 Å². The number of rotatable bonds is 10. The molecular formula is C22H29N2O8P. The SMILES string of the molecule is CC(C)OC(=O)[C@@H](C)N[P@@](=O)(OC[C@H]1O[C@@H](c2ccncc2)[C@H](O)[C@@H]1O)Oc1ccccc1. The molecule has 1 aliphatic heterocycles. The molecule has 3 rings (SSSR count). The van der Waals surface area contributed by atoms with Gasteiger partial charge in [0.15, 0.2) is 0 Å². The number of hydrogen-bond donors (Lipinski definition) is 3. The first-order chi connectivity index (χ1) is 15.7. The molecule has 0 bridgehead atoms. The third-order valence-corrected chi connectivity index (χ3v) is 6.48. The van der Waals surface area contributed by atoms with Crippen LogP contribution in [-0.4, -0.2) is 58.2 Å². The summed E-state index contributed by atoms with van der Waals surface area (Å²) in [6, 6.07) is 10.6. The third-order valence-electron chi connectivity index (χ3n) is 4.83. The number of aliphatic hydroxyl groups excluding tert-OH is 2. The molecule has 11 heteroatoms. The van der Waals surface area contributed by atoms with E-state index in [0.29, 0.717) is 5.56 Å². The summed E-state index contributed by atoms with van der Waals surface area (Å²) in [5.41, 5.74) is 0.631. The summed E-state index contributed by atoms with van der Waals surface area (Å²) in [6.45, 7) is 4.50. The lowest BCUT2D eigenvalue weighted by atomic mass is 10.0. The van der Waals surface area contributed by atoms with Gasteiger partial charge in [-0.1, -0.05) is 18.2 Å². The van der Waals surface area contributed by atoms with Gasteiger partial charge in [-0.3, -0.25) is 14.3 Å². The van der Waals surface area contributed by atoms with E-state index in [9.17, 15) is 19.6 Å². The van der Waals surface area contributed by atoms with E-state index in [0.717, 1.165) is 0 Å². The number of ether oxygens (including phenoxy) is 2. The van der Waals surface area contributed by atoms with Crippen LogP contribution in [0.1, 0.15) is 32.4 Å². The van der Waals surface area contributed by atoms with Gasteiger partial charge in [0.2, 0.25) is 0 Å². The van der Waals surface area contributed by atoms with Crippen molar-refractivity contribution >= 4 is 13.7 Å². The topological polar surface area (TPSA) is 136 Å². The van der Waals surface area contributed by atoms with Crippen LogP contribution in [-0.2, 0) is 23.4 Å². The number of nitrogens with zero attached hydrogens (tertiary/aromatic N) is 1. The number of carbonyl (C=O) groups excluding carboxylic acids is 1. The van der Waals surface area contributed by atoms with Crippen LogP contribution < -0.4 is 9.61 Å². The zero-order chi connectivity index (χ0) is 24.0. The molecule has 1 fully saturated rings. The maximum Gasteiger partial charge on any atom is 0.459 e. The molecule has 180 valence electrons. The fourth-order valence-electron chi connectivity index (χ4n) is 3.22. The second kappa shape index (κ2) is 11.2. The van der Waals surface area contributed by atoms with E-state index in [2.05, 4.69) is 10.1 Å². The van der Waals surface area contributed by atoms with E-state index < -0.39 is 44.2 Å². The number of nitrogens with one attached hydrogen (secondary N) is 1. The Morgan fingerprint density at radius 2 is 1.79 bits per heavy atom. The Balaban J connectivity index is 1.71. The van der Waals surface area contributed by atoms with Crippen molar-refractivity contribution < 1.29 is 38.1 Å². The molecule has 1 aliphatic rings. The van der Waals surface area contributed by atoms with Crippen LogP contribution in [0.4, 0.5) is 0 Å². The van der Waals surface area contributed by atoms with Crippen LogP contribution in [0.15, 0.2) is 54.9 Å². The van der Waals surface area contributed by atoms with E-state index >= 15 is 0 Å². The molecule has 2 heterocycles. The predicted molar refractivity (Wildman–Crippen MR) is 118 cm³/mol. The number of benzene rings is 1. The molecule has 0 radical (unpaired) electrons. The van der Waals surface area contributed by atoms with Gasteiger partial charge in [-0.05, 0) is 50.6 Å². The Kier molecular flexibility index (Phi) is 8.58. The largest absolute Gasteiger partial charge is 0.462 e. The molecular weight excluding hydrogens is 451 g/mol. The summed E-state index contributed by atoms with van der Waals surface area (Å²) < 4.78 is 35.5. The van der Waals surface area contributed by atoms with Crippen LogP contribution >= 0.6 is 7.75 Å². The second-order valence-corrected chi connectivity index (χ2v) is 9.58. The molecule has 33 heavy (non-hydrogen) atoms. The Morgan fingerprint density at radius 1 is 1.12 bits per heavy atom. The van der Waals surface area contributed by atoms with E-state index in [1.807, 2.05) is 0 Å². The molecule has 6 atom stereocenters. The van der Waals surface area contributed by atoms with Gasteiger partial charge in [0, 0.05) is 12.4 Å². The number of esters is 1. The molecule has 2 aromatic rings. The highest BCUT2D eigenvalue weighted by atomic mass is 31.2. The van der Waals surface area contributed by atoms with Crippen molar-refractivity contribution in [3.05, 3.63) is 60.4 Å². The maximum absolute atomic E-state index is 13.5. The van der Waals surface area contributed by atoms with Crippen molar-refractivity contribution in [2.75, 3.05) is 6.61 Å². The van der Waals surface area contributed by atoms with E-state index in [1.165, 1.54) is 6.92 Å². The fraction of sp³-hybridized carbons (Fsp3) is 0.455. The summed E-state index contributed by atoms with van der Waals surface area (Å²) in [5.74, 6) is -0.379. The van der Waals surface area contributed by atoms with Gasteiger partial charge in [0.05, 0.1) is 12.7 Å². The molecule has 0 unspecified atom stereocenters. The molecule has 1 saturated heterocycles. The summed E-state index contributed by atoms with van der Waals surface area (Å²) in [6.07, 6.45) is -1.58. The minimum atomic E-state index is -4.12. The fourth-order valence-corrected chi connectivity index (χ4v) is 4.72. The normalized spacial score (nSPS) is 25.4. The highest BCUT2D eigenvalue weighted by Gasteiger charge is 2.45. The van der Waals surface area contributed by atoms with Gasteiger partial charge < -0.3 is 24.2 Å². The van der Waals surface area contributed by atoms with Crippen molar-refractivity contribution in [2.24, 2.45) is 0 Å².